The fraction of sp³-hybridized carbons (Fsp3) is 0.591. The van der Waals surface area contributed by atoms with Gasteiger partial charge in [0.1, 0.15) is 5.56 Å². The molecule has 1 amide bonds. The summed E-state index contributed by atoms with van der Waals surface area (Å²) >= 11 is 0. The topological polar surface area (TPSA) is 107 Å². The first-order chi connectivity index (χ1) is 17.2. The fourth-order valence-corrected chi connectivity index (χ4v) is 4.72. The van der Waals surface area contributed by atoms with Crippen molar-refractivity contribution in [2.75, 3.05) is 37.6 Å². The van der Waals surface area contributed by atoms with Gasteiger partial charge in [0, 0.05) is 50.5 Å². The number of nitrogens with one attached hydrogen (secondary N) is 2. The number of nitrogens with zero attached hydrogens (tertiary/aromatic N) is 5. The predicted molar refractivity (Wildman–Crippen MR) is 119 cm³/mol. The first kappa shape index (κ1) is 26.8. The van der Waals surface area contributed by atoms with Gasteiger partial charge in [-0.25, -0.2) is 15.1 Å². The highest BCUT2D eigenvalue weighted by molar-refractivity contribution is 5.81. The maximum absolute atomic E-state index is 13.4. The highest BCUT2D eigenvalue weighted by Gasteiger charge is 2.45. The van der Waals surface area contributed by atoms with Crippen LogP contribution < -0.4 is 15.8 Å². The van der Waals surface area contributed by atoms with Gasteiger partial charge in [-0.3, -0.25) is 9.59 Å². The van der Waals surface area contributed by atoms with Gasteiger partial charge in [-0.05, 0) is 25.3 Å². The maximum Gasteiger partial charge on any atom is 0.422 e. The number of hydrogen-bond acceptors (Lipinski definition) is 7. The number of fused-ring (bicyclic) bond motifs is 1. The summed E-state index contributed by atoms with van der Waals surface area (Å²) in [5, 5.41) is 8.94. The van der Waals surface area contributed by atoms with Crippen molar-refractivity contribution >= 4 is 11.9 Å². The van der Waals surface area contributed by atoms with Gasteiger partial charge < -0.3 is 15.1 Å². The van der Waals surface area contributed by atoms with Gasteiger partial charge in [-0.15, -0.1) is 0 Å². The lowest BCUT2D eigenvalue weighted by molar-refractivity contribution is -0.139. The second kappa shape index (κ2) is 9.58. The molecule has 4 rings (SSSR count). The zero-order valence-electron chi connectivity index (χ0n) is 20.0. The van der Waals surface area contributed by atoms with Crippen molar-refractivity contribution in [1.29, 1.82) is 0 Å². The van der Waals surface area contributed by atoms with Crippen LogP contribution in [0.25, 0.3) is 0 Å². The molecule has 2 aromatic rings. The summed E-state index contributed by atoms with van der Waals surface area (Å²) in [7, 11) is 0. The molecule has 3 heterocycles. The lowest BCUT2D eigenvalue weighted by Crippen LogP contribution is -2.54. The van der Waals surface area contributed by atoms with E-state index in [1.165, 1.54) is 0 Å². The second-order valence-electron chi connectivity index (χ2n) is 9.50. The third-order valence-corrected chi connectivity index (χ3v) is 6.87. The van der Waals surface area contributed by atoms with Crippen LogP contribution in [0.15, 0.2) is 17.2 Å². The number of aromatic nitrogens is 4. The molecule has 1 saturated heterocycles. The molecular formula is C22H25F6N7O2. The Kier molecular flexibility index (Phi) is 6.94. The van der Waals surface area contributed by atoms with Gasteiger partial charge in [-0.1, -0.05) is 6.92 Å². The van der Waals surface area contributed by atoms with Crippen LogP contribution in [0.2, 0.25) is 0 Å². The highest BCUT2D eigenvalue weighted by atomic mass is 19.4. The molecule has 0 unspecified atom stereocenters. The SMILES string of the molecule is C[C@H](NC[C@]1(C)CCc2c1n[nH]c(=O)c2C(F)(F)F)C(=O)N1CCN(c2ncc(C(F)(F)F)cn2)CC1. The van der Waals surface area contributed by atoms with Crippen molar-refractivity contribution in [3.63, 3.8) is 0 Å². The Morgan fingerprint density at radius 3 is 2.30 bits per heavy atom. The zero-order valence-corrected chi connectivity index (χ0v) is 20.0. The Labute approximate surface area is 207 Å². The minimum Gasteiger partial charge on any atom is -0.338 e. The van der Waals surface area contributed by atoms with Gasteiger partial charge in [0.15, 0.2) is 0 Å². The molecule has 2 aliphatic rings. The van der Waals surface area contributed by atoms with Crippen LogP contribution in [0.5, 0.6) is 0 Å². The molecule has 37 heavy (non-hydrogen) atoms. The van der Waals surface area contributed by atoms with Crippen LogP contribution >= 0.6 is 0 Å². The number of alkyl halides is 6. The van der Waals surface area contributed by atoms with E-state index in [1.807, 2.05) is 5.10 Å². The summed E-state index contributed by atoms with van der Waals surface area (Å²) in [6.45, 7) is 4.80. The van der Waals surface area contributed by atoms with Crippen molar-refractivity contribution in [2.24, 2.45) is 0 Å². The average molecular weight is 533 g/mol. The molecule has 2 aromatic heterocycles. The normalized spacial score (nSPS) is 21.2. The van der Waals surface area contributed by atoms with Gasteiger partial charge >= 0.3 is 12.4 Å². The van der Waals surface area contributed by atoms with Gasteiger partial charge in [-0.2, -0.15) is 31.4 Å². The minimum absolute atomic E-state index is 0.0512. The number of anilines is 1. The minimum atomic E-state index is -4.80. The van der Waals surface area contributed by atoms with Crippen molar-refractivity contribution < 1.29 is 31.1 Å². The Morgan fingerprint density at radius 2 is 1.73 bits per heavy atom. The molecule has 1 aliphatic heterocycles. The van der Waals surface area contributed by atoms with E-state index < -0.39 is 40.5 Å². The zero-order chi connectivity index (χ0) is 27.2. The number of halogens is 6. The van der Waals surface area contributed by atoms with Gasteiger partial charge in [0.25, 0.3) is 5.56 Å². The van der Waals surface area contributed by atoms with E-state index in [0.717, 1.165) is 12.4 Å². The number of piperazine rings is 1. The van der Waals surface area contributed by atoms with Crippen LogP contribution in [0.1, 0.15) is 42.7 Å². The summed E-state index contributed by atoms with van der Waals surface area (Å²) in [6, 6.07) is -0.653. The summed E-state index contributed by atoms with van der Waals surface area (Å²) in [5.41, 5.74) is -4.20. The van der Waals surface area contributed by atoms with E-state index in [-0.39, 0.29) is 36.1 Å². The molecule has 9 nitrogen and oxygen atoms in total. The van der Waals surface area contributed by atoms with E-state index >= 15 is 0 Å². The van der Waals surface area contributed by atoms with E-state index in [2.05, 4.69) is 20.4 Å². The molecule has 0 radical (unpaired) electrons. The summed E-state index contributed by atoms with van der Waals surface area (Å²) in [5.74, 6) is -0.0805. The van der Waals surface area contributed by atoms with Crippen LogP contribution in [-0.2, 0) is 29.0 Å². The molecule has 0 bridgehead atoms. The number of aromatic amines is 1. The molecule has 0 saturated carbocycles. The van der Waals surface area contributed by atoms with Crippen molar-refractivity contribution in [1.82, 2.24) is 30.4 Å². The number of rotatable bonds is 5. The molecule has 1 fully saturated rings. The molecule has 2 N–H and O–H groups in total. The second-order valence-corrected chi connectivity index (χ2v) is 9.50. The van der Waals surface area contributed by atoms with Crippen molar-refractivity contribution in [2.45, 2.75) is 50.5 Å². The number of carbonyl (C=O) groups excluding carboxylic acids is 1. The third kappa shape index (κ3) is 5.40. The monoisotopic (exact) mass is 533 g/mol. The summed E-state index contributed by atoms with van der Waals surface area (Å²) < 4.78 is 78.4. The highest BCUT2D eigenvalue weighted by Crippen LogP contribution is 2.41. The molecule has 202 valence electrons. The average Bonchev–Trinajstić information content (AvgIpc) is 3.17. The first-order valence-corrected chi connectivity index (χ1v) is 11.6. The predicted octanol–water partition coefficient (Wildman–Crippen LogP) is 2.13. The van der Waals surface area contributed by atoms with Crippen LogP contribution in [-0.4, -0.2) is 69.7 Å². The standard InChI is InChI=1S/C22H25F6N7O2/c1-12(31-11-20(2)4-3-14-15(22(26,27)28)17(36)33-32-16(14)20)18(37)34-5-7-35(8-6-34)19-29-9-13(10-30-19)21(23,24)25/h9-10,12,31H,3-8,11H2,1-2H3,(H,33,36)/t12-,20-/m0/s1. The van der Waals surface area contributed by atoms with E-state index in [0.29, 0.717) is 32.6 Å². The smallest absolute Gasteiger partial charge is 0.338 e. The van der Waals surface area contributed by atoms with Crippen LogP contribution in [0.4, 0.5) is 32.3 Å². The van der Waals surface area contributed by atoms with Crippen LogP contribution in [0, 0.1) is 0 Å². The van der Waals surface area contributed by atoms with Crippen molar-refractivity contribution in [3.05, 3.63) is 45.1 Å². The molecule has 0 aromatic carbocycles. The largest absolute Gasteiger partial charge is 0.422 e. The Hall–Kier alpha value is -3.23. The van der Waals surface area contributed by atoms with Crippen LogP contribution in [0.3, 0.4) is 0 Å². The summed E-state index contributed by atoms with van der Waals surface area (Å²) in [6.07, 6.45) is -7.51. The van der Waals surface area contributed by atoms with Crippen molar-refractivity contribution in [3.8, 4) is 0 Å². The Bertz CT molecular complexity index is 1210. The molecule has 1 aliphatic carbocycles. The van der Waals surface area contributed by atoms with Gasteiger partial charge in [0.05, 0.1) is 17.3 Å². The number of amides is 1. The lowest BCUT2D eigenvalue weighted by atomic mass is 9.87. The summed E-state index contributed by atoms with van der Waals surface area (Å²) in [4.78, 5) is 35.6. The van der Waals surface area contributed by atoms with E-state index in [4.69, 9.17) is 0 Å². The molecule has 15 heteroatoms. The number of hydrogen-bond donors (Lipinski definition) is 2. The Balaban J connectivity index is 1.34. The number of carbonyl (C=O) groups is 1. The fourth-order valence-electron chi connectivity index (χ4n) is 4.72. The molecule has 0 spiro atoms. The Morgan fingerprint density at radius 1 is 1.11 bits per heavy atom. The number of H-pyrrole nitrogens is 1. The quantitative estimate of drug-likeness (QED) is 0.568. The first-order valence-electron chi connectivity index (χ1n) is 11.6. The van der Waals surface area contributed by atoms with E-state index in [1.54, 1.807) is 23.6 Å². The molecule has 2 atom stereocenters. The lowest BCUT2D eigenvalue weighted by Gasteiger charge is -2.36. The van der Waals surface area contributed by atoms with Gasteiger partial charge in [0.2, 0.25) is 11.9 Å². The van der Waals surface area contributed by atoms with E-state index in [9.17, 15) is 35.9 Å². The maximum atomic E-state index is 13.4. The third-order valence-electron chi connectivity index (χ3n) is 6.87. The molecular weight excluding hydrogens is 508 g/mol.